The van der Waals surface area contributed by atoms with Gasteiger partial charge in [-0.1, -0.05) is 23.2 Å². The highest BCUT2D eigenvalue weighted by atomic mass is 35.5. The van der Waals surface area contributed by atoms with Crippen LogP contribution in [0.4, 0.5) is 0 Å². The normalized spacial score (nSPS) is 14.7. The second-order valence-corrected chi connectivity index (χ2v) is 5.87. The molecule has 0 radical (unpaired) electrons. The van der Waals surface area contributed by atoms with Crippen LogP contribution in [-0.2, 0) is 13.0 Å². The summed E-state index contributed by atoms with van der Waals surface area (Å²) < 4.78 is 0. The van der Waals surface area contributed by atoms with E-state index in [0.717, 1.165) is 30.1 Å². The van der Waals surface area contributed by atoms with Crippen molar-refractivity contribution in [2.24, 2.45) is 0 Å². The number of benzene rings is 1. The lowest BCUT2D eigenvalue weighted by atomic mass is 10.2. The molecule has 2 nitrogen and oxygen atoms in total. The molecule has 1 aliphatic rings. The summed E-state index contributed by atoms with van der Waals surface area (Å²) in [4.78, 5) is 5.98. The molecule has 0 amide bonds. The highest BCUT2D eigenvalue weighted by Gasteiger charge is 2.16. The quantitative estimate of drug-likeness (QED) is 0.863. The SMILES string of the molecule is Clc1ccc(-c2nc3c(s2)CNCC3)c(Cl)c1. The van der Waals surface area contributed by atoms with Crippen LogP contribution in [0.3, 0.4) is 0 Å². The van der Waals surface area contributed by atoms with Crippen LogP contribution in [-0.4, -0.2) is 11.5 Å². The molecule has 3 rings (SSSR count). The fourth-order valence-corrected chi connectivity index (χ4v) is 3.57. The molecule has 1 aromatic heterocycles. The molecule has 0 spiro atoms. The van der Waals surface area contributed by atoms with Crippen molar-refractivity contribution in [3.8, 4) is 10.6 Å². The van der Waals surface area contributed by atoms with Crippen LogP contribution in [0, 0.1) is 0 Å². The number of nitrogens with zero attached hydrogens (tertiary/aromatic N) is 1. The molecule has 0 aliphatic carbocycles. The van der Waals surface area contributed by atoms with E-state index in [2.05, 4.69) is 10.3 Å². The first-order chi connectivity index (χ1) is 8.24. The summed E-state index contributed by atoms with van der Waals surface area (Å²) in [6.07, 6.45) is 0.997. The van der Waals surface area contributed by atoms with Gasteiger partial charge in [0.1, 0.15) is 5.01 Å². The lowest BCUT2D eigenvalue weighted by Gasteiger charge is -2.09. The summed E-state index contributed by atoms with van der Waals surface area (Å²) >= 11 is 13.8. The zero-order valence-corrected chi connectivity index (χ0v) is 11.3. The zero-order valence-electron chi connectivity index (χ0n) is 8.96. The summed E-state index contributed by atoms with van der Waals surface area (Å²) in [6, 6.07) is 5.54. The average Bonchev–Trinajstić information content (AvgIpc) is 2.72. The topological polar surface area (TPSA) is 24.9 Å². The Morgan fingerprint density at radius 3 is 2.94 bits per heavy atom. The third kappa shape index (κ3) is 2.20. The Morgan fingerprint density at radius 1 is 1.29 bits per heavy atom. The van der Waals surface area contributed by atoms with Crippen molar-refractivity contribution in [1.29, 1.82) is 0 Å². The number of thiazole rings is 1. The number of rotatable bonds is 1. The van der Waals surface area contributed by atoms with Crippen LogP contribution in [0.25, 0.3) is 10.6 Å². The van der Waals surface area contributed by atoms with E-state index in [1.54, 1.807) is 17.4 Å². The fraction of sp³-hybridized carbons (Fsp3) is 0.250. The molecule has 1 aliphatic heterocycles. The van der Waals surface area contributed by atoms with Crippen molar-refractivity contribution >= 4 is 34.5 Å². The Hall–Kier alpha value is -0.610. The molecule has 0 saturated carbocycles. The molecule has 88 valence electrons. The van der Waals surface area contributed by atoms with Crippen LogP contribution in [0.5, 0.6) is 0 Å². The monoisotopic (exact) mass is 284 g/mol. The molecule has 1 aromatic carbocycles. The minimum atomic E-state index is 0.654. The average molecular weight is 285 g/mol. The number of hydrogen-bond donors (Lipinski definition) is 1. The third-order valence-corrected chi connectivity index (χ3v) is 4.44. The van der Waals surface area contributed by atoms with Gasteiger partial charge in [-0.3, -0.25) is 0 Å². The summed E-state index contributed by atoms with van der Waals surface area (Å²) in [6.45, 7) is 1.92. The molecule has 0 unspecified atom stereocenters. The molecule has 0 fully saturated rings. The van der Waals surface area contributed by atoms with Crippen LogP contribution >= 0.6 is 34.5 Å². The minimum Gasteiger partial charge on any atom is -0.311 e. The maximum atomic E-state index is 6.19. The second-order valence-electron chi connectivity index (χ2n) is 3.94. The molecule has 0 atom stereocenters. The van der Waals surface area contributed by atoms with Gasteiger partial charge in [-0.05, 0) is 18.2 Å². The van der Waals surface area contributed by atoms with E-state index in [1.165, 1.54) is 10.6 Å². The largest absolute Gasteiger partial charge is 0.311 e. The van der Waals surface area contributed by atoms with Crippen LogP contribution in [0.1, 0.15) is 10.6 Å². The van der Waals surface area contributed by atoms with Gasteiger partial charge < -0.3 is 5.32 Å². The van der Waals surface area contributed by atoms with Gasteiger partial charge in [-0.25, -0.2) is 4.98 Å². The number of hydrogen-bond acceptors (Lipinski definition) is 3. The lowest BCUT2D eigenvalue weighted by Crippen LogP contribution is -2.22. The van der Waals surface area contributed by atoms with Gasteiger partial charge in [-0.15, -0.1) is 11.3 Å². The van der Waals surface area contributed by atoms with Crippen molar-refractivity contribution in [3.05, 3.63) is 38.8 Å². The van der Waals surface area contributed by atoms with Crippen molar-refractivity contribution in [3.63, 3.8) is 0 Å². The minimum absolute atomic E-state index is 0.654. The van der Waals surface area contributed by atoms with Gasteiger partial charge in [0.15, 0.2) is 0 Å². The molecule has 1 N–H and O–H groups in total. The first-order valence-corrected chi connectivity index (χ1v) is 6.96. The summed E-state index contributed by atoms with van der Waals surface area (Å²) in [5.41, 5.74) is 2.17. The number of aromatic nitrogens is 1. The van der Waals surface area contributed by atoms with E-state index >= 15 is 0 Å². The van der Waals surface area contributed by atoms with Crippen LogP contribution in [0.2, 0.25) is 10.0 Å². The Kier molecular flexibility index (Phi) is 3.09. The van der Waals surface area contributed by atoms with Crippen molar-refractivity contribution in [2.75, 3.05) is 6.54 Å². The highest BCUT2D eigenvalue weighted by Crippen LogP contribution is 2.35. The maximum Gasteiger partial charge on any atom is 0.125 e. The van der Waals surface area contributed by atoms with E-state index in [1.807, 2.05) is 12.1 Å². The van der Waals surface area contributed by atoms with E-state index in [0.29, 0.717) is 10.0 Å². The first-order valence-electron chi connectivity index (χ1n) is 5.39. The Bertz CT molecular complexity index is 542. The molecule has 17 heavy (non-hydrogen) atoms. The van der Waals surface area contributed by atoms with E-state index in [9.17, 15) is 0 Å². The van der Waals surface area contributed by atoms with Crippen molar-refractivity contribution in [2.45, 2.75) is 13.0 Å². The fourth-order valence-electron chi connectivity index (χ4n) is 1.90. The van der Waals surface area contributed by atoms with Gasteiger partial charge in [0, 0.05) is 35.0 Å². The highest BCUT2D eigenvalue weighted by molar-refractivity contribution is 7.15. The van der Waals surface area contributed by atoms with Gasteiger partial charge in [0.05, 0.1) is 10.7 Å². The Labute approximate surface area is 114 Å². The molecular formula is C12H10Cl2N2S. The molecule has 5 heteroatoms. The maximum absolute atomic E-state index is 6.19. The van der Waals surface area contributed by atoms with Crippen LogP contribution in [0.15, 0.2) is 18.2 Å². The summed E-state index contributed by atoms with van der Waals surface area (Å²) in [7, 11) is 0. The molecular weight excluding hydrogens is 275 g/mol. The lowest BCUT2D eigenvalue weighted by molar-refractivity contribution is 0.644. The molecule has 0 saturated heterocycles. The van der Waals surface area contributed by atoms with E-state index in [-0.39, 0.29) is 0 Å². The summed E-state index contributed by atoms with van der Waals surface area (Å²) in [5.74, 6) is 0. The molecule has 2 heterocycles. The number of nitrogens with one attached hydrogen (secondary N) is 1. The standard InChI is InChI=1S/C12H10Cl2N2S/c13-7-1-2-8(9(14)5-7)12-16-10-3-4-15-6-11(10)17-12/h1-2,5,15H,3-4,6H2. The van der Waals surface area contributed by atoms with E-state index in [4.69, 9.17) is 23.2 Å². The smallest absolute Gasteiger partial charge is 0.125 e. The van der Waals surface area contributed by atoms with Gasteiger partial charge >= 0.3 is 0 Å². The van der Waals surface area contributed by atoms with Crippen LogP contribution < -0.4 is 5.32 Å². The predicted molar refractivity (Wildman–Crippen MR) is 73.0 cm³/mol. The van der Waals surface area contributed by atoms with Gasteiger partial charge in [-0.2, -0.15) is 0 Å². The van der Waals surface area contributed by atoms with Crippen molar-refractivity contribution < 1.29 is 0 Å². The third-order valence-electron chi connectivity index (χ3n) is 2.76. The zero-order chi connectivity index (χ0) is 11.8. The Morgan fingerprint density at radius 2 is 2.18 bits per heavy atom. The second kappa shape index (κ2) is 4.58. The molecule has 2 aromatic rings. The summed E-state index contributed by atoms with van der Waals surface area (Å²) in [5, 5.41) is 5.65. The Balaban J connectivity index is 2.06. The number of fused-ring (bicyclic) bond motifs is 1. The van der Waals surface area contributed by atoms with Gasteiger partial charge in [0.2, 0.25) is 0 Å². The van der Waals surface area contributed by atoms with Gasteiger partial charge in [0.25, 0.3) is 0 Å². The van der Waals surface area contributed by atoms with E-state index < -0.39 is 0 Å². The molecule has 0 bridgehead atoms. The first kappa shape index (κ1) is 11.5. The number of halogens is 2. The predicted octanol–water partition coefficient (Wildman–Crippen LogP) is 3.76. The van der Waals surface area contributed by atoms with Crippen molar-refractivity contribution in [1.82, 2.24) is 10.3 Å².